The Morgan fingerprint density at radius 1 is 0.314 bits per heavy atom. The molecule has 0 aromatic carbocycles. The molecule has 0 fully saturated rings. The van der Waals surface area contributed by atoms with E-state index in [0.29, 0.717) is 0 Å². The predicted molar refractivity (Wildman–Crippen MR) is 72.2 cm³/mol. The fourth-order valence-corrected chi connectivity index (χ4v) is 1.81. The summed E-state index contributed by atoms with van der Waals surface area (Å²) in [6.45, 7) is 3.81. The van der Waals surface area contributed by atoms with Gasteiger partial charge in [0.15, 0.2) is 0 Å². The molecule has 0 amide bonds. The zero-order valence-electron chi connectivity index (χ0n) is 16.6. The molecule has 0 unspecified atom stereocenters. The minimum absolute atomic E-state index is 0.192. The molecule has 214 valence electrons. The van der Waals surface area contributed by atoms with E-state index in [0.717, 1.165) is 0 Å². The van der Waals surface area contributed by atoms with E-state index in [4.69, 9.17) is 0 Å². The van der Waals surface area contributed by atoms with E-state index in [9.17, 15) is 92.2 Å². The summed E-state index contributed by atoms with van der Waals surface area (Å²) < 4.78 is 271. The lowest BCUT2D eigenvalue weighted by Gasteiger charge is -2.44. The Balaban J connectivity index is 0. The van der Waals surface area contributed by atoms with Crippen LogP contribution in [0.2, 0.25) is 0 Å². The predicted octanol–water partition coefficient (Wildman–Crippen LogP) is 8.70. The molecule has 0 aliphatic heterocycles. The normalized spacial score (nSPS) is 16.1. The van der Waals surface area contributed by atoms with Gasteiger partial charge in [-0.2, -0.15) is 92.2 Å². The highest BCUT2D eigenvalue weighted by atomic mass is 19.4. The van der Waals surface area contributed by atoms with Gasteiger partial charge in [0.2, 0.25) is 0 Å². The number of halogens is 21. The van der Waals surface area contributed by atoms with Crippen LogP contribution in [0.4, 0.5) is 92.2 Å². The van der Waals surface area contributed by atoms with Gasteiger partial charge in [0.1, 0.15) is 0 Å². The largest absolute Gasteiger partial charge is 0.460 e. The lowest BCUT2D eigenvalue weighted by molar-refractivity contribution is -0.474. The van der Waals surface area contributed by atoms with Crippen LogP contribution in [0, 0.1) is 0 Å². The average molecular weight is 578 g/mol. The maximum absolute atomic E-state index is 13.3. The summed E-state index contributed by atoms with van der Waals surface area (Å²) in [5.74, 6) is -76.2. The molecule has 0 radical (unpaired) electrons. The Morgan fingerprint density at radius 2 is 0.486 bits per heavy atom. The molecular formula is C14H11F21. The van der Waals surface area contributed by atoms with Crippen molar-refractivity contribution >= 4 is 0 Å². The third-order valence-electron chi connectivity index (χ3n) is 4.02. The molecule has 35 heavy (non-hydrogen) atoms. The van der Waals surface area contributed by atoms with Crippen molar-refractivity contribution in [3.05, 3.63) is 0 Å². The smallest absolute Gasteiger partial charge is 0.200 e. The van der Waals surface area contributed by atoms with Crippen LogP contribution in [-0.4, -0.2) is 59.5 Å². The van der Waals surface area contributed by atoms with Gasteiger partial charge in [-0.3, -0.25) is 0 Å². The van der Waals surface area contributed by atoms with Crippen molar-refractivity contribution in [1.29, 1.82) is 0 Å². The van der Waals surface area contributed by atoms with Gasteiger partial charge in [0.25, 0.3) is 0 Å². The first-order valence-corrected chi connectivity index (χ1v) is 8.28. The van der Waals surface area contributed by atoms with E-state index < -0.39 is 65.9 Å². The first kappa shape index (κ1) is 35.7. The molecule has 0 saturated heterocycles. The molecule has 0 bridgehead atoms. The van der Waals surface area contributed by atoms with Crippen LogP contribution < -0.4 is 0 Å². The quantitative estimate of drug-likeness (QED) is 0.240. The molecule has 0 spiro atoms. The zero-order valence-corrected chi connectivity index (χ0v) is 16.6. The monoisotopic (exact) mass is 578 g/mol. The van der Waals surface area contributed by atoms with Crippen molar-refractivity contribution in [2.24, 2.45) is 0 Å². The molecule has 0 aliphatic rings. The van der Waals surface area contributed by atoms with Gasteiger partial charge in [-0.05, 0) is 0 Å². The van der Waals surface area contributed by atoms with E-state index in [2.05, 4.69) is 0 Å². The first-order valence-electron chi connectivity index (χ1n) is 8.28. The van der Waals surface area contributed by atoms with Gasteiger partial charge in [-0.15, -0.1) is 0 Å². The molecule has 0 aliphatic carbocycles. The van der Waals surface area contributed by atoms with Gasteiger partial charge >= 0.3 is 59.5 Å². The molecule has 0 rings (SSSR count). The molecule has 0 heterocycles. The highest BCUT2D eigenvalue weighted by Gasteiger charge is 2.97. The van der Waals surface area contributed by atoms with E-state index in [-0.39, 0.29) is 6.92 Å². The lowest BCUT2D eigenvalue weighted by Crippen LogP contribution is -2.76. The summed E-state index contributed by atoms with van der Waals surface area (Å²) in [4.78, 5) is 0. The van der Waals surface area contributed by atoms with Crippen LogP contribution in [0.3, 0.4) is 0 Å². The number of alkyl halides is 21. The number of hydrogen-bond acceptors (Lipinski definition) is 0. The van der Waals surface area contributed by atoms with Crippen LogP contribution in [-0.2, 0) is 0 Å². The van der Waals surface area contributed by atoms with E-state index in [1.165, 1.54) is 0 Å². The maximum Gasteiger partial charge on any atom is 0.460 e. The molecular weight excluding hydrogens is 567 g/mol. The Labute approximate surface area is 180 Å². The van der Waals surface area contributed by atoms with Crippen molar-refractivity contribution in [1.82, 2.24) is 0 Å². The second kappa shape index (κ2) is 9.13. The average Bonchev–Trinajstić information content (AvgIpc) is 2.67. The highest BCUT2D eigenvalue weighted by molar-refractivity contribution is 5.17. The third-order valence-corrected chi connectivity index (χ3v) is 4.02. The number of hydrogen-bond donors (Lipinski definition) is 0. The summed E-state index contributed by atoms with van der Waals surface area (Å²) >= 11 is 0. The first-order chi connectivity index (χ1) is 14.8. The topological polar surface area (TPSA) is 0 Å². The summed E-state index contributed by atoms with van der Waals surface area (Å²) in [5, 5.41) is 0. The Kier molecular flexibility index (Phi) is 9.31. The van der Waals surface area contributed by atoms with Gasteiger partial charge < -0.3 is 0 Å². The maximum atomic E-state index is 13.3. The summed E-state index contributed by atoms with van der Waals surface area (Å²) in [6, 6.07) is 0. The summed E-state index contributed by atoms with van der Waals surface area (Å²) in [7, 11) is 0. The van der Waals surface area contributed by atoms with Crippen LogP contribution in [0.25, 0.3) is 0 Å². The number of rotatable bonds is 9. The molecule has 0 aromatic heterocycles. The van der Waals surface area contributed by atoms with Crippen LogP contribution in [0.5, 0.6) is 0 Å². The zero-order chi connectivity index (χ0) is 29.7. The fourth-order valence-electron chi connectivity index (χ4n) is 1.81. The minimum atomic E-state index is -9.12. The van der Waals surface area contributed by atoms with Crippen molar-refractivity contribution in [2.45, 2.75) is 86.7 Å². The van der Waals surface area contributed by atoms with E-state index >= 15 is 0 Å². The SMILES string of the molecule is CC.CCC(F)(F)C(F)(F)C(F)(F)C(F)(F)C(F)(F)C(F)(F)C(F)(F)C(F)(F)C(F)(F)C(F)(F)F. The molecule has 0 nitrogen and oxygen atoms in total. The lowest BCUT2D eigenvalue weighted by atomic mass is 9.86. The molecule has 0 saturated carbocycles. The minimum Gasteiger partial charge on any atom is -0.200 e. The molecule has 0 N–H and O–H groups in total. The molecule has 21 heteroatoms. The summed E-state index contributed by atoms with van der Waals surface area (Å²) in [6.07, 6.45) is -10.6. The molecule has 0 aromatic rings. The Hall–Kier alpha value is -1.47. The summed E-state index contributed by atoms with van der Waals surface area (Å²) in [5.41, 5.74) is 0. The van der Waals surface area contributed by atoms with Crippen molar-refractivity contribution < 1.29 is 92.2 Å². The van der Waals surface area contributed by atoms with Gasteiger partial charge in [-0.25, -0.2) is 0 Å². The van der Waals surface area contributed by atoms with Crippen LogP contribution in [0.1, 0.15) is 27.2 Å². The van der Waals surface area contributed by atoms with E-state index in [1.807, 2.05) is 13.8 Å². The van der Waals surface area contributed by atoms with Gasteiger partial charge in [0, 0.05) is 6.42 Å². The Morgan fingerprint density at radius 3 is 0.657 bits per heavy atom. The van der Waals surface area contributed by atoms with E-state index in [1.54, 1.807) is 0 Å². The van der Waals surface area contributed by atoms with Crippen molar-refractivity contribution in [3.63, 3.8) is 0 Å². The van der Waals surface area contributed by atoms with Crippen molar-refractivity contribution in [3.8, 4) is 0 Å². The van der Waals surface area contributed by atoms with Crippen molar-refractivity contribution in [2.75, 3.05) is 0 Å². The molecule has 0 atom stereocenters. The van der Waals surface area contributed by atoms with Gasteiger partial charge in [0.05, 0.1) is 0 Å². The second-order valence-electron chi connectivity index (χ2n) is 6.15. The van der Waals surface area contributed by atoms with Crippen LogP contribution >= 0.6 is 0 Å². The standard InChI is InChI=1S/C12H5F21.C2H6/c1-2-3(13,14)4(15,16)5(17,18)6(19,20)7(21,22)8(23,24)9(25,26)10(27,28)11(29,30)12(31,32)33;1-2/h2H2,1H3;1-2H3. The third kappa shape index (κ3) is 4.45. The van der Waals surface area contributed by atoms with Crippen LogP contribution in [0.15, 0.2) is 0 Å². The fraction of sp³-hybridized carbons (Fsp3) is 1.00. The van der Waals surface area contributed by atoms with Gasteiger partial charge in [-0.1, -0.05) is 20.8 Å². The second-order valence-corrected chi connectivity index (χ2v) is 6.15. The highest BCUT2D eigenvalue weighted by Crippen LogP contribution is 2.66. The Bertz CT molecular complexity index is 712.